The molecule has 1 saturated heterocycles. The summed E-state index contributed by atoms with van der Waals surface area (Å²) >= 11 is 0. The van der Waals surface area contributed by atoms with Crippen molar-refractivity contribution < 1.29 is 8.42 Å². The van der Waals surface area contributed by atoms with Crippen molar-refractivity contribution in [2.75, 3.05) is 34.9 Å². The van der Waals surface area contributed by atoms with Gasteiger partial charge in [0.25, 0.3) is 0 Å². The first-order chi connectivity index (χ1) is 11.9. The largest absolute Gasteiger partial charge is 0.355 e. The monoisotopic (exact) mass is 358 g/mol. The number of hydrogen-bond acceptors (Lipinski definition) is 6. The first-order valence-electron chi connectivity index (χ1n) is 8.57. The van der Waals surface area contributed by atoms with Crippen LogP contribution >= 0.6 is 0 Å². The van der Waals surface area contributed by atoms with Crippen LogP contribution in [0.2, 0.25) is 0 Å². The fourth-order valence-corrected chi connectivity index (χ4v) is 5.47. The molecule has 2 aliphatic rings. The van der Waals surface area contributed by atoms with E-state index in [1.165, 1.54) is 11.3 Å². The molecule has 1 aromatic heterocycles. The molecule has 6 nitrogen and oxygen atoms in total. The van der Waals surface area contributed by atoms with Crippen LogP contribution in [0.5, 0.6) is 0 Å². The molecule has 0 spiro atoms. The third kappa shape index (κ3) is 3.08. The van der Waals surface area contributed by atoms with Gasteiger partial charge >= 0.3 is 0 Å². The summed E-state index contributed by atoms with van der Waals surface area (Å²) in [6, 6.07) is 10.3. The van der Waals surface area contributed by atoms with Gasteiger partial charge in [0.2, 0.25) is 0 Å². The summed E-state index contributed by atoms with van der Waals surface area (Å²) in [7, 11) is -0.994. The summed E-state index contributed by atoms with van der Waals surface area (Å²) in [6.07, 6.45) is 1.66. The molecule has 0 bridgehead atoms. The topological polar surface area (TPSA) is 66.4 Å². The van der Waals surface area contributed by atoms with Gasteiger partial charge in [-0.25, -0.2) is 18.4 Å². The van der Waals surface area contributed by atoms with Crippen molar-refractivity contribution in [3.8, 4) is 0 Å². The lowest BCUT2D eigenvalue weighted by molar-refractivity contribution is 0.600. The normalized spacial score (nSPS) is 21.4. The number of fused-ring (bicyclic) bond motifs is 1. The fourth-order valence-electron chi connectivity index (χ4n) is 3.70. The third-order valence-corrected chi connectivity index (χ3v) is 6.84. The van der Waals surface area contributed by atoms with Gasteiger partial charge in [-0.05, 0) is 31.4 Å². The summed E-state index contributed by atoms with van der Waals surface area (Å²) < 4.78 is 23.6. The van der Waals surface area contributed by atoms with Gasteiger partial charge in [0.15, 0.2) is 9.84 Å². The van der Waals surface area contributed by atoms with E-state index in [-0.39, 0.29) is 17.5 Å². The first kappa shape index (κ1) is 16.3. The Labute approximate surface area is 148 Å². The van der Waals surface area contributed by atoms with Crippen LogP contribution in [-0.2, 0) is 16.3 Å². The number of rotatable bonds is 3. The van der Waals surface area contributed by atoms with Crippen LogP contribution in [0.25, 0.3) is 0 Å². The summed E-state index contributed by atoms with van der Waals surface area (Å²) in [5, 5.41) is 0. The lowest BCUT2D eigenvalue weighted by Crippen LogP contribution is -2.33. The number of sulfone groups is 1. The summed E-state index contributed by atoms with van der Waals surface area (Å²) in [5.41, 5.74) is 2.52. The van der Waals surface area contributed by atoms with Crippen molar-refractivity contribution in [3.05, 3.63) is 41.7 Å². The molecule has 4 rings (SSSR count). The molecule has 0 amide bonds. The molecule has 2 aliphatic heterocycles. The van der Waals surface area contributed by atoms with Crippen molar-refractivity contribution in [1.82, 2.24) is 9.97 Å². The molecule has 1 unspecified atom stereocenters. The number of aromatic nitrogens is 2. The van der Waals surface area contributed by atoms with Crippen molar-refractivity contribution in [1.29, 1.82) is 0 Å². The minimum Gasteiger partial charge on any atom is -0.355 e. The Morgan fingerprint density at radius 3 is 2.80 bits per heavy atom. The Morgan fingerprint density at radius 2 is 2.04 bits per heavy atom. The van der Waals surface area contributed by atoms with Crippen molar-refractivity contribution in [2.24, 2.45) is 0 Å². The van der Waals surface area contributed by atoms with Gasteiger partial charge in [0.1, 0.15) is 17.5 Å². The van der Waals surface area contributed by atoms with E-state index in [9.17, 15) is 8.42 Å². The maximum Gasteiger partial charge on any atom is 0.152 e. The van der Waals surface area contributed by atoms with E-state index in [0.29, 0.717) is 12.2 Å². The van der Waals surface area contributed by atoms with Crippen LogP contribution in [0.3, 0.4) is 0 Å². The minimum atomic E-state index is -2.92. The van der Waals surface area contributed by atoms with Crippen LogP contribution in [0.1, 0.15) is 17.8 Å². The highest BCUT2D eigenvalue weighted by molar-refractivity contribution is 7.91. The number of anilines is 3. The van der Waals surface area contributed by atoms with E-state index >= 15 is 0 Å². The third-order valence-electron chi connectivity index (χ3n) is 5.09. The zero-order valence-electron chi connectivity index (χ0n) is 14.5. The Hall–Kier alpha value is -2.15. The second-order valence-electron chi connectivity index (χ2n) is 6.83. The summed E-state index contributed by atoms with van der Waals surface area (Å²) in [6.45, 7) is 2.78. The molecule has 0 N–H and O–H groups in total. The number of hydrogen-bond donors (Lipinski definition) is 0. The highest BCUT2D eigenvalue weighted by Crippen LogP contribution is 2.34. The number of benzene rings is 1. The molecule has 3 heterocycles. The molecule has 1 fully saturated rings. The highest BCUT2D eigenvalue weighted by Gasteiger charge is 2.32. The SMILES string of the molecule is Cc1nc(N2CCc3ccccc32)cc(N(C)C2CCS(=O)(=O)C2)n1. The Bertz CT molecular complexity index is 913. The Balaban J connectivity index is 1.66. The molecular formula is C18H22N4O2S. The summed E-state index contributed by atoms with van der Waals surface area (Å²) in [4.78, 5) is 13.4. The van der Waals surface area contributed by atoms with Crippen molar-refractivity contribution in [3.63, 3.8) is 0 Å². The van der Waals surface area contributed by atoms with Gasteiger partial charge in [-0.2, -0.15) is 0 Å². The Kier molecular flexibility index (Phi) is 3.91. The Morgan fingerprint density at radius 1 is 1.24 bits per heavy atom. The van der Waals surface area contributed by atoms with Crippen molar-refractivity contribution >= 4 is 27.2 Å². The van der Waals surface area contributed by atoms with E-state index in [2.05, 4.69) is 33.1 Å². The van der Waals surface area contributed by atoms with E-state index < -0.39 is 9.84 Å². The van der Waals surface area contributed by atoms with E-state index in [0.717, 1.165) is 24.6 Å². The maximum absolute atomic E-state index is 11.8. The quantitative estimate of drug-likeness (QED) is 0.837. The highest BCUT2D eigenvalue weighted by atomic mass is 32.2. The molecule has 0 saturated carbocycles. The predicted molar refractivity (Wildman–Crippen MR) is 99.4 cm³/mol. The summed E-state index contributed by atoms with van der Waals surface area (Å²) in [5.74, 6) is 2.83. The van der Waals surface area contributed by atoms with E-state index in [4.69, 9.17) is 0 Å². The first-order valence-corrected chi connectivity index (χ1v) is 10.4. The molecule has 132 valence electrons. The van der Waals surface area contributed by atoms with Gasteiger partial charge in [-0.3, -0.25) is 0 Å². The van der Waals surface area contributed by atoms with Gasteiger partial charge in [0.05, 0.1) is 11.5 Å². The van der Waals surface area contributed by atoms with Crippen LogP contribution in [-0.4, -0.2) is 49.5 Å². The van der Waals surface area contributed by atoms with Crippen LogP contribution in [0, 0.1) is 6.92 Å². The molecule has 1 aromatic carbocycles. The molecule has 0 aliphatic carbocycles. The molecular weight excluding hydrogens is 336 g/mol. The molecule has 2 aromatic rings. The predicted octanol–water partition coefficient (Wildman–Crippen LogP) is 2.10. The van der Waals surface area contributed by atoms with Crippen LogP contribution < -0.4 is 9.80 Å². The lowest BCUT2D eigenvalue weighted by Gasteiger charge is -2.26. The molecule has 7 heteroatoms. The average Bonchev–Trinajstić information content (AvgIpc) is 3.16. The smallest absolute Gasteiger partial charge is 0.152 e. The second-order valence-corrected chi connectivity index (χ2v) is 9.06. The van der Waals surface area contributed by atoms with Crippen molar-refractivity contribution in [2.45, 2.75) is 25.8 Å². The zero-order chi connectivity index (χ0) is 17.6. The van der Waals surface area contributed by atoms with Gasteiger partial charge in [-0.1, -0.05) is 18.2 Å². The van der Waals surface area contributed by atoms with Crippen LogP contribution in [0.15, 0.2) is 30.3 Å². The molecule has 25 heavy (non-hydrogen) atoms. The molecule has 1 atom stereocenters. The van der Waals surface area contributed by atoms with E-state index in [1.807, 2.05) is 31.0 Å². The van der Waals surface area contributed by atoms with Gasteiger partial charge < -0.3 is 9.80 Å². The lowest BCUT2D eigenvalue weighted by atomic mass is 10.2. The van der Waals surface area contributed by atoms with Gasteiger partial charge in [0, 0.05) is 31.4 Å². The number of nitrogens with zero attached hydrogens (tertiary/aromatic N) is 4. The average molecular weight is 358 g/mol. The molecule has 0 radical (unpaired) electrons. The van der Waals surface area contributed by atoms with Crippen LogP contribution in [0.4, 0.5) is 17.3 Å². The number of para-hydroxylation sites is 1. The van der Waals surface area contributed by atoms with E-state index in [1.54, 1.807) is 0 Å². The zero-order valence-corrected chi connectivity index (χ0v) is 15.3. The minimum absolute atomic E-state index is 0.0157. The standard InChI is InChI=1S/C18H22N4O2S/c1-13-19-17(21(2)15-8-10-25(23,24)12-15)11-18(20-13)22-9-7-14-5-3-4-6-16(14)22/h3-6,11,15H,7-10,12H2,1-2H3. The second kappa shape index (κ2) is 5.98. The number of aryl methyl sites for hydroxylation is 1. The fraction of sp³-hybridized carbons (Fsp3) is 0.444. The maximum atomic E-state index is 11.8. The van der Waals surface area contributed by atoms with Gasteiger partial charge in [-0.15, -0.1) is 0 Å².